The van der Waals surface area contributed by atoms with E-state index in [0.717, 1.165) is 5.56 Å². The van der Waals surface area contributed by atoms with Crippen molar-refractivity contribution in [1.29, 1.82) is 0 Å². The predicted molar refractivity (Wildman–Crippen MR) is 65.9 cm³/mol. The first-order valence-electron chi connectivity index (χ1n) is 5.78. The Balaban J connectivity index is 2.26. The van der Waals surface area contributed by atoms with Gasteiger partial charge in [-0.05, 0) is 31.0 Å². The molecule has 0 saturated carbocycles. The Morgan fingerprint density at radius 1 is 1.50 bits per heavy atom. The van der Waals surface area contributed by atoms with Gasteiger partial charge in [0.25, 0.3) is 5.91 Å². The second kappa shape index (κ2) is 4.68. The van der Waals surface area contributed by atoms with Crippen LogP contribution in [0.3, 0.4) is 0 Å². The number of carboxylic acids is 1. The van der Waals surface area contributed by atoms with Crippen LogP contribution in [0.1, 0.15) is 18.9 Å². The molecule has 0 saturated heterocycles. The molecule has 1 aliphatic heterocycles. The van der Waals surface area contributed by atoms with E-state index in [1.165, 1.54) is 0 Å². The van der Waals surface area contributed by atoms with Gasteiger partial charge in [0.2, 0.25) is 0 Å². The van der Waals surface area contributed by atoms with Crippen molar-refractivity contribution in [1.82, 2.24) is 0 Å². The molecule has 0 fully saturated rings. The lowest BCUT2D eigenvalue weighted by atomic mass is 10.1. The number of benzene rings is 1. The molecule has 0 radical (unpaired) electrons. The van der Waals surface area contributed by atoms with Crippen molar-refractivity contribution in [2.75, 3.05) is 11.9 Å². The first-order valence-corrected chi connectivity index (χ1v) is 5.78. The van der Waals surface area contributed by atoms with Crippen LogP contribution in [0.5, 0.6) is 5.75 Å². The zero-order valence-corrected chi connectivity index (χ0v) is 10.3. The normalized spacial score (nSPS) is 18.2. The van der Waals surface area contributed by atoms with Crippen LogP contribution in [0.2, 0.25) is 0 Å². The van der Waals surface area contributed by atoms with Gasteiger partial charge < -0.3 is 14.7 Å². The fourth-order valence-electron chi connectivity index (χ4n) is 1.96. The molecule has 1 heterocycles. The zero-order chi connectivity index (χ0) is 13.3. The van der Waals surface area contributed by atoms with Crippen molar-refractivity contribution in [3.8, 4) is 5.75 Å². The second-order valence-corrected chi connectivity index (χ2v) is 4.35. The van der Waals surface area contributed by atoms with Gasteiger partial charge in [0.05, 0.1) is 5.69 Å². The summed E-state index contributed by atoms with van der Waals surface area (Å²) in [4.78, 5) is 23.9. The molecular weight excluding hydrogens is 234 g/mol. The lowest BCUT2D eigenvalue weighted by molar-refractivity contribution is -0.137. The van der Waals surface area contributed by atoms with E-state index in [9.17, 15) is 9.59 Å². The first kappa shape index (κ1) is 12.4. The molecule has 5 heteroatoms. The summed E-state index contributed by atoms with van der Waals surface area (Å²) < 4.78 is 5.49. The number of carbonyl (C=O) groups excluding carboxylic acids is 1. The molecule has 1 aliphatic rings. The summed E-state index contributed by atoms with van der Waals surface area (Å²) in [7, 11) is 1.70. The summed E-state index contributed by atoms with van der Waals surface area (Å²) >= 11 is 0. The molecule has 2 rings (SSSR count). The Morgan fingerprint density at radius 2 is 2.22 bits per heavy atom. The molecule has 1 aromatic rings. The SMILES string of the molecule is CC1Oc2ccc(CCC(=O)O)cc2N(C)C1=O. The summed E-state index contributed by atoms with van der Waals surface area (Å²) in [6, 6.07) is 5.42. The highest BCUT2D eigenvalue weighted by Gasteiger charge is 2.28. The average molecular weight is 249 g/mol. The fraction of sp³-hybridized carbons (Fsp3) is 0.385. The smallest absolute Gasteiger partial charge is 0.303 e. The summed E-state index contributed by atoms with van der Waals surface area (Å²) in [5.74, 6) is -0.274. The van der Waals surface area contributed by atoms with Gasteiger partial charge in [0.15, 0.2) is 6.10 Å². The van der Waals surface area contributed by atoms with Crippen molar-refractivity contribution < 1.29 is 19.4 Å². The van der Waals surface area contributed by atoms with Gasteiger partial charge >= 0.3 is 5.97 Å². The average Bonchev–Trinajstić information content (AvgIpc) is 2.34. The number of hydrogen-bond acceptors (Lipinski definition) is 3. The number of carboxylic acid groups (broad SMARTS) is 1. The molecular formula is C13H15NO4. The largest absolute Gasteiger partial charge is 0.481 e. The molecule has 5 nitrogen and oxygen atoms in total. The number of aliphatic carboxylic acids is 1. The van der Waals surface area contributed by atoms with Crippen LogP contribution in [0, 0.1) is 0 Å². The van der Waals surface area contributed by atoms with Crippen molar-refractivity contribution in [3.63, 3.8) is 0 Å². The van der Waals surface area contributed by atoms with Crippen molar-refractivity contribution in [2.24, 2.45) is 0 Å². The molecule has 18 heavy (non-hydrogen) atoms. The zero-order valence-electron chi connectivity index (χ0n) is 10.3. The van der Waals surface area contributed by atoms with Gasteiger partial charge in [0, 0.05) is 13.5 Å². The lowest BCUT2D eigenvalue weighted by Gasteiger charge is -2.30. The number of likely N-dealkylation sites (N-methyl/N-ethyl adjacent to an activating group) is 1. The van der Waals surface area contributed by atoms with Crippen LogP contribution in [-0.4, -0.2) is 30.1 Å². The molecule has 1 N–H and O–H groups in total. The van der Waals surface area contributed by atoms with Crippen molar-refractivity contribution in [3.05, 3.63) is 23.8 Å². The minimum atomic E-state index is -0.831. The van der Waals surface area contributed by atoms with Crippen LogP contribution in [0.4, 0.5) is 5.69 Å². The van der Waals surface area contributed by atoms with Crippen LogP contribution in [0.15, 0.2) is 18.2 Å². The Bertz CT molecular complexity index is 498. The molecule has 1 amide bonds. The maximum atomic E-state index is 11.8. The molecule has 0 bridgehead atoms. The Hall–Kier alpha value is -2.04. The van der Waals surface area contributed by atoms with Crippen LogP contribution >= 0.6 is 0 Å². The maximum Gasteiger partial charge on any atom is 0.303 e. The summed E-state index contributed by atoms with van der Waals surface area (Å²) in [5.41, 5.74) is 1.58. The third kappa shape index (κ3) is 2.30. The Labute approximate surface area is 105 Å². The second-order valence-electron chi connectivity index (χ2n) is 4.35. The van der Waals surface area contributed by atoms with Gasteiger partial charge in [-0.15, -0.1) is 0 Å². The standard InChI is InChI=1S/C13H15NO4/c1-8-13(17)14(2)10-7-9(4-6-12(15)16)3-5-11(10)18-8/h3,5,7-8H,4,6H2,1-2H3,(H,15,16). The Kier molecular flexibility index (Phi) is 3.23. The van der Waals surface area contributed by atoms with E-state index in [1.807, 2.05) is 12.1 Å². The van der Waals surface area contributed by atoms with Crippen LogP contribution in [0.25, 0.3) is 0 Å². The molecule has 1 aromatic carbocycles. The number of amides is 1. The van der Waals surface area contributed by atoms with Gasteiger partial charge in [-0.25, -0.2) is 0 Å². The van der Waals surface area contributed by atoms with Crippen molar-refractivity contribution in [2.45, 2.75) is 25.9 Å². The highest BCUT2D eigenvalue weighted by molar-refractivity contribution is 5.99. The van der Waals surface area contributed by atoms with E-state index >= 15 is 0 Å². The number of hydrogen-bond donors (Lipinski definition) is 1. The molecule has 1 atom stereocenters. The highest BCUT2D eigenvalue weighted by Crippen LogP contribution is 2.34. The first-order chi connectivity index (χ1) is 8.49. The maximum absolute atomic E-state index is 11.8. The van der Waals surface area contributed by atoms with E-state index in [2.05, 4.69) is 0 Å². The third-order valence-corrected chi connectivity index (χ3v) is 2.99. The number of anilines is 1. The molecule has 0 aromatic heterocycles. The topological polar surface area (TPSA) is 66.8 Å². The minimum absolute atomic E-state index is 0.0771. The van der Waals surface area contributed by atoms with Gasteiger partial charge in [-0.2, -0.15) is 0 Å². The predicted octanol–water partition coefficient (Wildman–Crippen LogP) is 1.45. The van der Waals surface area contributed by atoms with Gasteiger partial charge in [0.1, 0.15) is 5.75 Å². The van der Waals surface area contributed by atoms with E-state index in [0.29, 0.717) is 17.9 Å². The lowest BCUT2D eigenvalue weighted by Crippen LogP contribution is -2.42. The Morgan fingerprint density at radius 3 is 2.89 bits per heavy atom. The molecule has 0 aliphatic carbocycles. The van der Waals surface area contributed by atoms with E-state index in [4.69, 9.17) is 9.84 Å². The van der Waals surface area contributed by atoms with Crippen molar-refractivity contribution >= 4 is 17.6 Å². The summed E-state index contributed by atoms with van der Waals surface area (Å²) in [6.07, 6.45) is 0.0424. The number of aryl methyl sites for hydroxylation is 1. The number of carbonyl (C=O) groups is 2. The van der Waals surface area contributed by atoms with Gasteiger partial charge in [-0.3, -0.25) is 9.59 Å². The molecule has 96 valence electrons. The highest BCUT2D eigenvalue weighted by atomic mass is 16.5. The van der Waals surface area contributed by atoms with Crippen LogP contribution < -0.4 is 9.64 Å². The summed E-state index contributed by atoms with van der Waals surface area (Å²) in [5, 5.41) is 8.65. The third-order valence-electron chi connectivity index (χ3n) is 2.99. The van der Waals surface area contributed by atoms with E-state index < -0.39 is 12.1 Å². The number of ether oxygens (including phenoxy) is 1. The summed E-state index contributed by atoms with van der Waals surface area (Å²) in [6.45, 7) is 1.71. The quantitative estimate of drug-likeness (QED) is 0.880. The molecule has 1 unspecified atom stereocenters. The van der Waals surface area contributed by atoms with Crippen LogP contribution in [-0.2, 0) is 16.0 Å². The van der Waals surface area contributed by atoms with E-state index in [-0.39, 0.29) is 12.3 Å². The fourth-order valence-corrected chi connectivity index (χ4v) is 1.96. The van der Waals surface area contributed by atoms with Gasteiger partial charge in [-0.1, -0.05) is 6.07 Å². The number of nitrogens with zero attached hydrogens (tertiary/aromatic N) is 1. The monoisotopic (exact) mass is 249 g/mol. The van der Waals surface area contributed by atoms with E-state index in [1.54, 1.807) is 24.9 Å². The molecule has 0 spiro atoms. The number of rotatable bonds is 3. The minimum Gasteiger partial charge on any atom is -0.481 e. The number of fused-ring (bicyclic) bond motifs is 1.